The summed E-state index contributed by atoms with van der Waals surface area (Å²) in [5.74, 6) is 0.185. The number of amides is 1. The van der Waals surface area contributed by atoms with Crippen molar-refractivity contribution in [3.63, 3.8) is 0 Å². The van der Waals surface area contributed by atoms with Crippen LogP contribution in [0.3, 0.4) is 0 Å². The van der Waals surface area contributed by atoms with Gasteiger partial charge in [0, 0.05) is 31.9 Å². The Kier molecular flexibility index (Phi) is 4.91. The summed E-state index contributed by atoms with van der Waals surface area (Å²) in [4.78, 5) is 18.1. The molecular weight excluding hydrogens is 240 g/mol. The fourth-order valence-electron chi connectivity index (χ4n) is 2.62. The molecule has 0 aromatic carbocycles. The lowest BCUT2D eigenvalue weighted by Gasteiger charge is -2.33. The average molecular weight is 262 g/mol. The van der Waals surface area contributed by atoms with Gasteiger partial charge in [0.2, 0.25) is 5.91 Å². The van der Waals surface area contributed by atoms with Gasteiger partial charge in [-0.25, -0.2) is 0 Å². The molecule has 19 heavy (non-hydrogen) atoms. The normalized spacial score (nSPS) is 23.1. The van der Waals surface area contributed by atoms with Crippen molar-refractivity contribution < 1.29 is 9.90 Å². The molecule has 0 bridgehead atoms. The zero-order valence-electron chi connectivity index (χ0n) is 11.5. The van der Waals surface area contributed by atoms with E-state index in [0.29, 0.717) is 12.5 Å². The van der Waals surface area contributed by atoms with E-state index in [0.717, 1.165) is 37.7 Å². The third kappa shape index (κ3) is 4.03. The molecule has 1 aliphatic carbocycles. The van der Waals surface area contributed by atoms with E-state index in [1.54, 1.807) is 6.20 Å². The molecule has 1 amide bonds. The standard InChI is InChI=1S/C15H22N2O2/c1-17(13-5-7-14(18)8-6-13)15(19)9-4-12-3-2-10-16-11-12/h2-3,10-11,13-14,18H,4-9H2,1H3. The lowest BCUT2D eigenvalue weighted by Crippen LogP contribution is -2.40. The van der Waals surface area contributed by atoms with E-state index >= 15 is 0 Å². The third-order valence-electron chi connectivity index (χ3n) is 3.96. The number of nitrogens with zero attached hydrogens (tertiary/aromatic N) is 2. The fourth-order valence-corrected chi connectivity index (χ4v) is 2.62. The first-order valence-corrected chi connectivity index (χ1v) is 6.99. The minimum atomic E-state index is -0.171. The summed E-state index contributed by atoms with van der Waals surface area (Å²) in [6, 6.07) is 4.19. The van der Waals surface area contributed by atoms with Gasteiger partial charge < -0.3 is 10.0 Å². The predicted octanol–water partition coefficient (Wildman–Crippen LogP) is 1.78. The van der Waals surface area contributed by atoms with E-state index in [2.05, 4.69) is 4.98 Å². The van der Waals surface area contributed by atoms with Crippen molar-refractivity contribution >= 4 is 5.91 Å². The number of rotatable bonds is 4. The number of aliphatic hydroxyl groups is 1. The fraction of sp³-hybridized carbons (Fsp3) is 0.600. The first-order chi connectivity index (χ1) is 9.16. The zero-order chi connectivity index (χ0) is 13.7. The number of aliphatic hydroxyl groups excluding tert-OH is 1. The SMILES string of the molecule is CN(C(=O)CCc1cccnc1)C1CCC(O)CC1. The molecule has 4 heteroatoms. The van der Waals surface area contributed by atoms with Gasteiger partial charge in [0.15, 0.2) is 0 Å². The summed E-state index contributed by atoms with van der Waals surface area (Å²) in [5, 5.41) is 9.49. The highest BCUT2D eigenvalue weighted by Crippen LogP contribution is 2.22. The van der Waals surface area contributed by atoms with Crippen LogP contribution in [0.25, 0.3) is 0 Å². The minimum absolute atomic E-state index is 0.171. The smallest absolute Gasteiger partial charge is 0.222 e. The molecule has 0 saturated heterocycles. The van der Waals surface area contributed by atoms with E-state index in [9.17, 15) is 9.90 Å². The molecule has 2 rings (SSSR count). The maximum absolute atomic E-state index is 12.1. The summed E-state index contributed by atoms with van der Waals surface area (Å²) in [5.41, 5.74) is 1.10. The number of carbonyl (C=O) groups excluding carboxylic acids is 1. The first-order valence-electron chi connectivity index (χ1n) is 6.99. The van der Waals surface area contributed by atoms with Gasteiger partial charge in [0.1, 0.15) is 0 Å². The summed E-state index contributed by atoms with van der Waals surface area (Å²) in [6.45, 7) is 0. The molecule has 1 aromatic heterocycles. The van der Waals surface area contributed by atoms with Crippen LogP contribution in [0.2, 0.25) is 0 Å². The molecule has 104 valence electrons. The molecule has 0 radical (unpaired) electrons. The highest BCUT2D eigenvalue weighted by Gasteiger charge is 2.25. The van der Waals surface area contributed by atoms with Crippen LogP contribution in [0, 0.1) is 0 Å². The highest BCUT2D eigenvalue weighted by molar-refractivity contribution is 5.76. The van der Waals surface area contributed by atoms with Crippen LogP contribution in [-0.2, 0) is 11.2 Å². The largest absolute Gasteiger partial charge is 0.393 e. The van der Waals surface area contributed by atoms with Crippen LogP contribution < -0.4 is 0 Å². The molecule has 1 aliphatic rings. The lowest BCUT2D eigenvalue weighted by atomic mass is 9.92. The Bertz CT molecular complexity index is 400. The van der Waals surface area contributed by atoms with Gasteiger partial charge in [-0.1, -0.05) is 6.07 Å². The molecule has 1 aromatic rings. The van der Waals surface area contributed by atoms with E-state index in [1.165, 1.54) is 0 Å². The van der Waals surface area contributed by atoms with Crippen LogP contribution in [0.1, 0.15) is 37.7 Å². The molecule has 1 saturated carbocycles. The monoisotopic (exact) mass is 262 g/mol. The second kappa shape index (κ2) is 6.66. The molecule has 1 N–H and O–H groups in total. The molecule has 0 unspecified atom stereocenters. The van der Waals surface area contributed by atoms with Crippen molar-refractivity contribution in [3.8, 4) is 0 Å². The van der Waals surface area contributed by atoms with Crippen LogP contribution in [0.4, 0.5) is 0 Å². The Balaban J connectivity index is 1.79. The van der Waals surface area contributed by atoms with E-state index in [-0.39, 0.29) is 12.0 Å². The van der Waals surface area contributed by atoms with Gasteiger partial charge in [0.25, 0.3) is 0 Å². The summed E-state index contributed by atoms with van der Waals surface area (Å²) >= 11 is 0. The lowest BCUT2D eigenvalue weighted by molar-refractivity contribution is -0.133. The molecular formula is C15H22N2O2. The van der Waals surface area contributed by atoms with E-state index < -0.39 is 0 Å². The van der Waals surface area contributed by atoms with Crippen LogP contribution in [0.5, 0.6) is 0 Å². The second-order valence-electron chi connectivity index (χ2n) is 5.33. The Labute approximate surface area is 114 Å². The van der Waals surface area contributed by atoms with Crippen LogP contribution >= 0.6 is 0 Å². The molecule has 0 aliphatic heterocycles. The maximum atomic E-state index is 12.1. The van der Waals surface area contributed by atoms with Gasteiger partial charge in [-0.05, 0) is 43.7 Å². The molecule has 0 spiro atoms. The third-order valence-corrected chi connectivity index (χ3v) is 3.96. The van der Waals surface area contributed by atoms with Crippen molar-refractivity contribution in [1.82, 2.24) is 9.88 Å². The Morgan fingerprint density at radius 2 is 2.16 bits per heavy atom. The summed E-state index contributed by atoms with van der Waals surface area (Å²) in [6.07, 6.45) is 8.10. The molecule has 4 nitrogen and oxygen atoms in total. The number of aromatic nitrogens is 1. The van der Waals surface area contributed by atoms with Gasteiger partial charge in [0.05, 0.1) is 6.10 Å². The second-order valence-corrected chi connectivity index (χ2v) is 5.33. The van der Waals surface area contributed by atoms with Gasteiger partial charge in [-0.3, -0.25) is 9.78 Å². The molecule has 0 atom stereocenters. The Hall–Kier alpha value is -1.42. The van der Waals surface area contributed by atoms with Crippen LogP contribution in [0.15, 0.2) is 24.5 Å². The number of hydrogen-bond acceptors (Lipinski definition) is 3. The van der Waals surface area contributed by atoms with Gasteiger partial charge in [-0.15, -0.1) is 0 Å². The Morgan fingerprint density at radius 3 is 2.79 bits per heavy atom. The van der Waals surface area contributed by atoms with Crippen molar-refractivity contribution in [1.29, 1.82) is 0 Å². The average Bonchev–Trinajstić information content (AvgIpc) is 2.46. The van der Waals surface area contributed by atoms with Crippen molar-refractivity contribution in [3.05, 3.63) is 30.1 Å². The van der Waals surface area contributed by atoms with Crippen molar-refractivity contribution in [2.24, 2.45) is 0 Å². The quantitative estimate of drug-likeness (QED) is 0.900. The maximum Gasteiger partial charge on any atom is 0.222 e. The highest BCUT2D eigenvalue weighted by atomic mass is 16.3. The predicted molar refractivity (Wildman–Crippen MR) is 73.6 cm³/mol. The van der Waals surface area contributed by atoms with E-state index in [4.69, 9.17) is 0 Å². The van der Waals surface area contributed by atoms with Crippen molar-refractivity contribution in [2.45, 2.75) is 50.7 Å². The minimum Gasteiger partial charge on any atom is -0.393 e. The summed E-state index contributed by atoms with van der Waals surface area (Å²) < 4.78 is 0. The number of aryl methyl sites for hydroxylation is 1. The molecule has 1 fully saturated rings. The van der Waals surface area contributed by atoms with Crippen molar-refractivity contribution in [2.75, 3.05) is 7.05 Å². The Morgan fingerprint density at radius 1 is 1.42 bits per heavy atom. The number of hydrogen-bond donors (Lipinski definition) is 1. The zero-order valence-corrected chi connectivity index (χ0v) is 11.5. The number of carbonyl (C=O) groups is 1. The summed E-state index contributed by atoms with van der Waals surface area (Å²) in [7, 11) is 1.88. The first kappa shape index (κ1) is 14.0. The van der Waals surface area contributed by atoms with Gasteiger partial charge >= 0.3 is 0 Å². The molecule has 1 heterocycles. The van der Waals surface area contributed by atoms with Crippen LogP contribution in [-0.4, -0.2) is 40.1 Å². The number of pyridine rings is 1. The van der Waals surface area contributed by atoms with Gasteiger partial charge in [-0.2, -0.15) is 0 Å². The van der Waals surface area contributed by atoms with E-state index in [1.807, 2.05) is 30.3 Å². The topological polar surface area (TPSA) is 53.4 Å².